The molecule has 1 aliphatic rings. The van der Waals surface area contributed by atoms with Gasteiger partial charge in [-0.15, -0.1) is 0 Å². The number of rotatable bonds is 3. The fourth-order valence-electron chi connectivity index (χ4n) is 3.73. The summed E-state index contributed by atoms with van der Waals surface area (Å²) >= 11 is 6.24. The SMILES string of the molecule is CC(C)C1CCC(CN)C(c2cc3cccc(Cl)c3o2)C1. The van der Waals surface area contributed by atoms with E-state index in [1.807, 2.05) is 12.1 Å². The Balaban J connectivity index is 1.95. The average molecular weight is 306 g/mol. The predicted molar refractivity (Wildman–Crippen MR) is 88.7 cm³/mol. The molecule has 3 unspecified atom stereocenters. The van der Waals surface area contributed by atoms with Gasteiger partial charge < -0.3 is 10.2 Å². The second-order valence-corrected chi connectivity index (χ2v) is 7.13. The molecule has 0 aliphatic heterocycles. The van der Waals surface area contributed by atoms with Crippen LogP contribution in [0.25, 0.3) is 11.0 Å². The molecule has 0 radical (unpaired) electrons. The van der Waals surface area contributed by atoms with Gasteiger partial charge in [0.1, 0.15) is 5.76 Å². The van der Waals surface area contributed by atoms with E-state index in [4.69, 9.17) is 21.8 Å². The number of furan rings is 1. The molecule has 2 N–H and O–H groups in total. The highest BCUT2D eigenvalue weighted by molar-refractivity contribution is 6.34. The van der Waals surface area contributed by atoms with Crippen molar-refractivity contribution in [1.82, 2.24) is 0 Å². The largest absolute Gasteiger partial charge is 0.459 e. The molecule has 1 heterocycles. The molecule has 1 saturated carbocycles. The lowest BCUT2D eigenvalue weighted by Crippen LogP contribution is -2.30. The van der Waals surface area contributed by atoms with Crippen LogP contribution in [0.4, 0.5) is 0 Å². The minimum atomic E-state index is 0.430. The summed E-state index contributed by atoms with van der Waals surface area (Å²) in [6.07, 6.45) is 3.67. The zero-order valence-electron chi connectivity index (χ0n) is 12.8. The number of benzene rings is 1. The summed E-state index contributed by atoms with van der Waals surface area (Å²) in [5.74, 6) is 3.51. The van der Waals surface area contributed by atoms with E-state index in [0.717, 1.165) is 35.1 Å². The Morgan fingerprint density at radius 2 is 2.14 bits per heavy atom. The average Bonchev–Trinajstić information content (AvgIpc) is 2.92. The first kappa shape index (κ1) is 14.9. The highest BCUT2D eigenvalue weighted by atomic mass is 35.5. The summed E-state index contributed by atoms with van der Waals surface area (Å²) in [6.45, 7) is 5.38. The number of halogens is 1. The van der Waals surface area contributed by atoms with Crippen LogP contribution in [0.1, 0.15) is 44.8 Å². The molecular weight excluding hydrogens is 282 g/mol. The van der Waals surface area contributed by atoms with Crippen LogP contribution in [0.15, 0.2) is 28.7 Å². The van der Waals surface area contributed by atoms with Crippen LogP contribution >= 0.6 is 11.6 Å². The second kappa shape index (κ2) is 6.02. The quantitative estimate of drug-likeness (QED) is 0.846. The van der Waals surface area contributed by atoms with E-state index in [-0.39, 0.29) is 0 Å². The first-order valence-electron chi connectivity index (χ1n) is 7.98. The summed E-state index contributed by atoms with van der Waals surface area (Å²) < 4.78 is 6.11. The van der Waals surface area contributed by atoms with Crippen molar-refractivity contribution in [2.75, 3.05) is 6.54 Å². The highest BCUT2D eigenvalue weighted by Crippen LogP contribution is 2.44. The first-order valence-corrected chi connectivity index (χ1v) is 8.36. The Hall–Kier alpha value is -0.990. The molecule has 0 bridgehead atoms. The molecule has 3 rings (SSSR count). The van der Waals surface area contributed by atoms with E-state index in [9.17, 15) is 0 Å². The maximum Gasteiger partial charge on any atom is 0.152 e. The van der Waals surface area contributed by atoms with E-state index in [2.05, 4.69) is 26.0 Å². The van der Waals surface area contributed by atoms with E-state index in [0.29, 0.717) is 16.9 Å². The van der Waals surface area contributed by atoms with Crippen LogP contribution in [-0.4, -0.2) is 6.54 Å². The Morgan fingerprint density at radius 1 is 1.33 bits per heavy atom. The van der Waals surface area contributed by atoms with Crippen LogP contribution in [-0.2, 0) is 0 Å². The Kier molecular flexibility index (Phi) is 4.28. The van der Waals surface area contributed by atoms with Crippen LogP contribution in [0.2, 0.25) is 5.02 Å². The van der Waals surface area contributed by atoms with Crippen molar-refractivity contribution in [2.24, 2.45) is 23.5 Å². The number of fused-ring (bicyclic) bond motifs is 1. The van der Waals surface area contributed by atoms with Crippen LogP contribution in [0, 0.1) is 17.8 Å². The van der Waals surface area contributed by atoms with Gasteiger partial charge in [0.15, 0.2) is 5.58 Å². The van der Waals surface area contributed by atoms with Gasteiger partial charge >= 0.3 is 0 Å². The van der Waals surface area contributed by atoms with Crippen molar-refractivity contribution in [1.29, 1.82) is 0 Å². The maximum absolute atomic E-state index is 6.24. The van der Waals surface area contributed by atoms with Crippen molar-refractivity contribution < 1.29 is 4.42 Å². The van der Waals surface area contributed by atoms with E-state index in [1.165, 1.54) is 19.3 Å². The zero-order valence-corrected chi connectivity index (χ0v) is 13.6. The number of nitrogens with two attached hydrogens (primary N) is 1. The molecular formula is C18H24ClNO. The third-order valence-corrected chi connectivity index (χ3v) is 5.46. The van der Waals surface area contributed by atoms with Crippen LogP contribution in [0.3, 0.4) is 0 Å². The molecule has 1 aromatic heterocycles. The lowest BCUT2D eigenvalue weighted by molar-refractivity contribution is 0.183. The molecule has 0 spiro atoms. The van der Waals surface area contributed by atoms with Gasteiger partial charge in [-0.2, -0.15) is 0 Å². The van der Waals surface area contributed by atoms with Gasteiger partial charge in [0.2, 0.25) is 0 Å². The third kappa shape index (κ3) is 2.84. The van der Waals surface area contributed by atoms with Crippen LogP contribution in [0.5, 0.6) is 0 Å². The minimum absolute atomic E-state index is 0.430. The Bertz CT molecular complexity index is 619. The fraction of sp³-hybridized carbons (Fsp3) is 0.556. The molecule has 1 fully saturated rings. The molecule has 2 nitrogen and oxygen atoms in total. The number of para-hydroxylation sites is 1. The van der Waals surface area contributed by atoms with E-state index >= 15 is 0 Å². The molecule has 2 aromatic rings. The lowest BCUT2D eigenvalue weighted by Gasteiger charge is -2.36. The number of hydrogen-bond donors (Lipinski definition) is 1. The maximum atomic E-state index is 6.24. The first-order chi connectivity index (χ1) is 10.1. The van der Waals surface area contributed by atoms with Gasteiger partial charge in [-0.25, -0.2) is 0 Å². The summed E-state index contributed by atoms with van der Waals surface area (Å²) in [7, 11) is 0. The highest BCUT2D eigenvalue weighted by Gasteiger charge is 2.34. The molecule has 0 saturated heterocycles. The fourth-order valence-corrected chi connectivity index (χ4v) is 3.95. The van der Waals surface area contributed by atoms with E-state index < -0.39 is 0 Å². The molecule has 3 heteroatoms. The van der Waals surface area contributed by atoms with Crippen molar-refractivity contribution in [2.45, 2.75) is 39.0 Å². The Morgan fingerprint density at radius 3 is 2.81 bits per heavy atom. The van der Waals surface area contributed by atoms with E-state index in [1.54, 1.807) is 0 Å². The summed E-state index contributed by atoms with van der Waals surface area (Å²) in [6, 6.07) is 8.09. The molecule has 1 aromatic carbocycles. The van der Waals surface area contributed by atoms with Gasteiger partial charge in [0, 0.05) is 11.3 Å². The summed E-state index contributed by atoms with van der Waals surface area (Å²) in [5, 5.41) is 1.79. The van der Waals surface area contributed by atoms with Crippen LogP contribution < -0.4 is 5.73 Å². The van der Waals surface area contributed by atoms with Gasteiger partial charge in [-0.3, -0.25) is 0 Å². The molecule has 21 heavy (non-hydrogen) atoms. The monoisotopic (exact) mass is 305 g/mol. The number of hydrogen-bond acceptors (Lipinski definition) is 2. The topological polar surface area (TPSA) is 39.2 Å². The molecule has 1 aliphatic carbocycles. The smallest absolute Gasteiger partial charge is 0.152 e. The molecule has 114 valence electrons. The standard InChI is InChI=1S/C18H24ClNO/c1-11(2)12-6-7-14(10-20)15(8-12)17-9-13-4-3-5-16(19)18(13)21-17/h3-5,9,11-12,14-15H,6-8,10,20H2,1-2H3. The minimum Gasteiger partial charge on any atom is -0.459 e. The predicted octanol–water partition coefficient (Wildman–Crippen LogP) is 5.20. The van der Waals surface area contributed by atoms with Crippen molar-refractivity contribution in [3.8, 4) is 0 Å². The van der Waals surface area contributed by atoms with Gasteiger partial charge in [-0.1, -0.05) is 37.6 Å². The van der Waals surface area contributed by atoms with Gasteiger partial charge in [0.05, 0.1) is 5.02 Å². The molecule has 0 amide bonds. The van der Waals surface area contributed by atoms with Crippen molar-refractivity contribution >= 4 is 22.6 Å². The third-order valence-electron chi connectivity index (χ3n) is 5.16. The lowest BCUT2D eigenvalue weighted by atomic mass is 9.70. The normalized spacial score (nSPS) is 26.6. The van der Waals surface area contributed by atoms with Gasteiger partial charge in [-0.05, 0) is 55.7 Å². The van der Waals surface area contributed by atoms with Crippen molar-refractivity contribution in [3.63, 3.8) is 0 Å². The summed E-state index contributed by atoms with van der Waals surface area (Å²) in [4.78, 5) is 0. The van der Waals surface area contributed by atoms with Crippen molar-refractivity contribution in [3.05, 3.63) is 35.0 Å². The molecule has 3 atom stereocenters. The Labute approximate surface area is 131 Å². The zero-order chi connectivity index (χ0) is 15.0. The summed E-state index contributed by atoms with van der Waals surface area (Å²) in [5.41, 5.74) is 6.83. The second-order valence-electron chi connectivity index (χ2n) is 6.73. The van der Waals surface area contributed by atoms with Gasteiger partial charge in [0.25, 0.3) is 0 Å².